The molecule has 1 N–H and O–H groups in total. The molecule has 8 heteroatoms. The smallest absolute Gasteiger partial charge is 0.387 e. The largest absolute Gasteiger partial charge is 0.493 e. The molecule has 0 saturated carbocycles. The Balaban J connectivity index is 2.12. The predicted octanol–water partition coefficient (Wildman–Crippen LogP) is 3.51. The lowest BCUT2D eigenvalue weighted by Crippen LogP contribution is -2.41. The van der Waals surface area contributed by atoms with Crippen LogP contribution in [0.4, 0.5) is 8.78 Å². The summed E-state index contributed by atoms with van der Waals surface area (Å²) >= 11 is 0. The van der Waals surface area contributed by atoms with Crippen LogP contribution in [0.25, 0.3) is 0 Å². The quantitative estimate of drug-likeness (QED) is 0.482. The molecule has 1 aromatic carbocycles. The molecule has 1 heterocycles. The third-order valence-electron chi connectivity index (χ3n) is 4.38. The monoisotopic (exact) mass is 399 g/mol. The first kappa shape index (κ1) is 22.2. The zero-order chi connectivity index (χ0) is 20.4. The standard InChI is InChI=1S/C20H31F2N3O3/c1-4-9-27-17-7-6-16(18(11-17)28-19(21)22)12-24-20(23-5-2)25(3)13-15-8-10-26-14-15/h6-7,11,15,19H,4-5,8-10,12-14H2,1-3H3,(H,23,24). The number of rotatable bonds is 10. The third kappa shape index (κ3) is 7.14. The molecule has 6 nitrogen and oxygen atoms in total. The van der Waals surface area contributed by atoms with Gasteiger partial charge in [-0.3, -0.25) is 0 Å². The summed E-state index contributed by atoms with van der Waals surface area (Å²) in [6, 6.07) is 4.98. The number of benzene rings is 1. The third-order valence-corrected chi connectivity index (χ3v) is 4.38. The van der Waals surface area contributed by atoms with Gasteiger partial charge in [0, 0.05) is 44.3 Å². The molecule has 1 unspecified atom stereocenters. The Labute approximate surface area is 165 Å². The Morgan fingerprint density at radius 3 is 2.86 bits per heavy atom. The Kier molecular flexibility index (Phi) is 9.27. The molecular weight excluding hydrogens is 368 g/mol. The number of nitrogens with one attached hydrogen (secondary N) is 1. The maximum atomic E-state index is 12.8. The van der Waals surface area contributed by atoms with Crippen LogP contribution < -0.4 is 14.8 Å². The van der Waals surface area contributed by atoms with Gasteiger partial charge in [-0.1, -0.05) is 6.92 Å². The first-order chi connectivity index (χ1) is 13.5. The minimum Gasteiger partial charge on any atom is -0.493 e. The molecule has 0 radical (unpaired) electrons. The number of guanidine groups is 1. The van der Waals surface area contributed by atoms with Crippen LogP contribution in [0.3, 0.4) is 0 Å². The molecule has 1 fully saturated rings. The van der Waals surface area contributed by atoms with E-state index in [-0.39, 0.29) is 12.3 Å². The van der Waals surface area contributed by atoms with Crippen molar-refractivity contribution < 1.29 is 23.0 Å². The van der Waals surface area contributed by atoms with E-state index in [1.54, 1.807) is 12.1 Å². The van der Waals surface area contributed by atoms with Crippen molar-refractivity contribution in [3.05, 3.63) is 23.8 Å². The number of hydrogen-bond donors (Lipinski definition) is 1. The van der Waals surface area contributed by atoms with E-state index in [0.29, 0.717) is 30.4 Å². The molecule has 158 valence electrons. The van der Waals surface area contributed by atoms with Crippen molar-refractivity contribution in [1.29, 1.82) is 0 Å². The molecule has 0 aromatic heterocycles. The summed E-state index contributed by atoms with van der Waals surface area (Å²) in [7, 11) is 1.97. The van der Waals surface area contributed by atoms with Gasteiger partial charge in [-0.2, -0.15) is 8.78 Å². The Morgan fingerprint density at radius 1 is 1.39 bits per heavy atom. The molecule has 1 atom stereocenters. The van der Waals surface area contributed by atoms with Gasteiger partial charge in [-0.05, 0) is 31.9 Å². The summed E-state index contributed by atoms with van der Waals surface area (Å²) in [6.07, 6.45) is 1.87. The summed E-state index contributed by atoms with van der Waals surface area (Å²) in [5.41, 5.74) is 0.581. The van der Waals surface area contributed by atoms with Crippen LogP contribution in [-0.2, 0) is 11.3 Å². The highest BCUT2D eigenvalue weighted by Gasteiger charge is 2.19. The highest BCUT2D eigenvalue weighted by atomic mass is 19.3. The van der Waals surface area contributed by atoms with E-state index in [1.807, 2.05) is 20.9 Å². The number of nitrogens with zero attached hydrogens (tertiary/aromatic N) is 2. The summed E-state index contributed by atoms with van der Waals surface area (Å²) in [6.45, 7) is 4.92. The Bertz CT molecular complexity index is 623. The van der Waals surface area contributed by atoms with Crippen molar-refractivity contribution in [1.82, 2.24) is 10.2 Å². The molecule has 0 bridgehead atoms. The van der Waals surface area contributed by atoms with Gasteiger partial charge < -0.3 is 24.4 Å². The average molecular weight is 399 g/mol. The van der Waals surface area contributed by atoms with Crippen molar-refractivity contribution in [2.45, 2.75) is 39.8 Å². The molecule has 1 aliphatic rings. The fraction of sp³-hybridized carbons (Fsp3) is 0.650. The number of ether oxygens (including phenoxy) is 3. The summed E-state index contributed by atoms with van der Waals surface area (Å²) in [4.78, 5) is 6.66. The Hall–Kier alpha value is -2.09. The summed E-state index contributed by atoms with van der Waals surface area (Å²) < 4.78 is 41.3. The van der Waals surface area contributed by atoms with Crippen LogP contribution in [0.1, 0.15) is 32.3 Å². The fourth-order valence-electron chi connectivity index (χ4n) is 3.01. The van der Waals surface area contributed by atoms with Crippen LogP contribution in [-0.4, -0.2) is 57.4 Å². The first-order valence-electron chi connectivity index (χ1n) is 9.81. The van der Waals surface area contributed by atoms with Gasteiger partial charge in [-0.25, -0.2) is 4.99 Å². The van der Waals surface area contributed by atoms with Crippen molar-refractivity contribution in [2.75, 3.05) is 40.0 Å². The molecule has 1 aliphatic heterocycles. The predicted molar refractivity (Wildman–Crippen MR) is 105 cm³/mol. The lowest BCUT2D eigenvalue weighted by atomic mass is 10.1. The molecule has 0 amide bonds. The second kappa shape index (κ2) is 11.7. The Morgan fingerprint density at radius 2 is 2.21 bits per heavy atom. The van der Waals surface area contributed by atoms with Crippen molar-refractivity contribution in [2.24, 2.45) is 10.9 Å². The molecule has 2 rings (SSSR count). The minimum atomic E-state index is -2.90. The lowest BCUT2D eigenvalue weighted by Gasteiger charge is -2.24. The zero-order valence-corrected chi connectivity index (χ0v) is 16.9. The maximum absolute atomic E-state index is 12.8. The summed E-state index contributed by atoms with van der Waals surface area (Å²) in [5.74, 6) is 1.80. The highest BCUT2D eigenvalue weighted by Crippen LogP contribution is 2.27. The van der Waals surface area contributed by atoms with Crippen molar-refractivity contribution in [3.8, 4) is 11.5 Å². The second-order valence-electron chi connectivity index (χ2n) is 6.78. The first-order valence-corrected chi connectivity index (χ1v) is 9.81. The maximum Gasteiger partial charge on any atom is 0.387 e. The van der Waals surface area contributed by atoms with Crippen molar-refractivity contribution in [3.63, 3.8) is 0 Å². The van der Waals surface area contributed by atoms with Gasteiger partial charge in [-0.15, -0.1) is 0 Å². The van der Waals surface area contributed by atoms with Gasteiger partial charge in [0.15, 0.2) is 5.96 Å². The van der Waals surface area contributed by atoms with E-state index >= 15 is 0 Å². The minimum absolute atomic E-state index is 0.0926. The molecule has 1 aromatic rings. The van der Waals surface area contributed by atoms with E-state index in [2.05, 4.69) is 15.2 Å². The van der Waals surface area contributed by atoms with Gasteiger partial charge in [0.25, 0.3) is 0 Å². The molecule has 0 spiro atoms. The second-order valence-corrected chi connectivity index (χ2v) is 6.78. The fourth-order valence-corrected chi connectivity index (χ4v) is 3.01. The highest BCUT2D eigenvalue weighted by molar-refractivity contribution is 5.79. The van der Waals surface area contributed by atoms with E-state index < -0.39 is 6.61 Å². The van der Waals surface area contributed by atoms with Crippen LogP contribution >= 0.6 is 0 Å². The van der Waals surface area contributed by atoms with Crippen LogP contribution in [0.2, 0.25) is 0 Å². The lowest BCUT2D eigenvalue weighted by molar-refractivity contribution is -0.0505. The summed E-state index contributed by atoms with van der Waals surface area (Å²) in [5, 5.41) is 3.25. The van der Waals surface area contributed by atoms with Crippen molar-refractivity contribution >= 4 is 5.96 Å². The molecule has 28 heavy (non-hydrogen) atoms. The van der Waals surface area contributed by atoms with E-state index in [9.17, 15) is 8.78 Å². The molecule has 1 saturated heterocycles. The van der Waals surface area contributed by atoms with Gasteiger partial charge in [0.05, 0.1) is 19.8 Å². The molecular formula is C20H31F2N3O3. The van der Waals surface area contributed by atoms with Gasteiger partial charge >= 0.3 is 6.61 Å². The number of aliphatic imine (C=N–C) groups is 1. The number of hydrogen-bond acceptors (Lipinski definition) is 4. The average Bonchev–Trinajstić information content (AvgIpc) is 3.17. The van der Waals surface area contributed by atoms with Gasteiger partial charge in [0.1, 0.15) is 11.5 Å². The zero-order valence-electron chi connectivity index (χ0n) is 16.9. The van der Waals surface area contributed by atoms with E-state index in [4.69, 9.17) is 14.2 Å². The normalized spacial score (nSPS) is 17.1. The topological polar surface area (TPSA) is 55.3 Å². The SMILES string of the molecule is CCCOc1ccc(CN=C(NCC)N(C)CC2CCOC2)c(OC(F)F)c1. The van der Waals surface area contributed by atoms with Crippen LogP contribution in [0, 0.1) is 5.92 Å². The number of alkyl halides is 2. The van der Waals surface area contributed by atoms with Crippen LogP contribution in [0.15, 0.2) is 23.2 Å². The van der Waals surface area contributed by atoms with E-state index in [0.717, 1.165) is 38.6 Å². The van der Waals surface area contributed by atoms with Gasteiger partial charge in [0.2, 0.25) is 0 Å². The molecule has 0 aliphatic carbocycles. The number of halogens is 2. The van der Waals surface area contributed by atoms with Crippen LogP contribution in [0.5, 0.6) is 11.5 Å². The van der Waals surface area contributed by atoms with E-state index in [1.165, 1.54) is 6.07 Å².